The van der Waals surface area contributed by atoms with Gasteiger partial charge in [-0.2, -0.15) is 0 Å². The first-order chi connectivity index (χ1) is 10.8. The average Bonchev–Trinajstić information content (AvgIpc) is 3.04. The number of methoxy groups -OCH3 is 1. The fourth-order valence-corrected chi connectivity index (χ4v) is 3.33. The summed E-state index contributed by atoms with van der Waals surface area (Å²) in [5.74, 6) is 0.934. The van der Waals surface area contributed by atoms with Crippen LogP contribution in [0.3, 0.4) is 0 Å². The van der Waals surface area contributed by atoms with Crippen molar-refractivity contribution in [3.8, 4) is 5.75 Å². The van der Waals surface area contributed by atoms with Gasteiger partial charge in [-0.15, -0.1) is 0 Å². The molecule has 0 radical (unpaired) electrons. The molecule has 1 heterocycles. The van der Waals surface area contributed by atoms with Gasteiger partial charge in [0.05, 0.1) is 7.11 Å². The molecule has 116 valence electrons. The molecule has 0 spiro atoms. The second kappa shape index (κ2) is 6.97. The summed E-state index contributed by atoms with van der Waals surface area (Å²) in [7, 11) is 1.72. The average molecular weight is 295 g/mol. The number of rotatable bonds is 5. The summed E-state index contributed by atoms with van der Waals surface area (Å²) in [6, 6.07) is 18.2. The molecule has 22 heavy (non-hydrogen) atoms. The predicted octanol–water partition coefficient (Wildman–Crippen LogP) is 4.59. The SMILES string of the molecule is CCc1ccc(CN2CCC[C@@H]2c2ccc(OC)cc2)cc1. The minimum atomic E-state index is 0.539. The van der Waals surface area contributed by atoms with Gasteiger partial charge in [0, 0.05) is 12.6 Å². The van der Waals surface area contributed by atoms with Gasteiger partial charge in [0.2, 0.25) is 0 Å². The molecule has 1 aliphatic heterocycles. The summed E-state index contributed by atoms with van der Waals surface area (Å²) in [6.07, 6.45) is 3.64. The summed E-state index contributed by atoms with van der Waals surface area (Å²) < 4.78 is 5.26. The molecule has 0 saturated carbocycles. The summed E-state index contributed by atoms with van der Waals surface area (Å²) in [4.78, 5) is 2.60. The third kappa shape index (κ3) is 3.33. The smallest absolute Gasteiger partial charge is 0.118 e. The van der Waals surface area contributed by atoms with Gasteiger partial charge in [0.25, 0.3) is 0 Å². The van der Waals surface area contributed by atoms with Gasteiger partial charge in [-0.3, -0.25) is 4.90 Å². The molecule has 0 amide bonds. The van der Waals surface area contributed by atoms with E-state index in [0.717, 1.165) is 18.7 Å². The van der Waals surface area contributed by atoms with Crippen molar-refractivity contribution in [1.29, 1.82) is 0 Å². The van der Waals surface area contributed by atoms with E-state index >= 15 is 0 Å². The molecular weight excluding hydrogens is 270 g/mol. The van der Waals surface area contributed by atoms with Crippen molar-refractivity contribution in [3.63, 3.8) is 0 Å². The molecule has 1 saturated heterocycles. The number of aryl methyl sites for hydroxylation is 1. The van der Waals surface area contributed by atoms with E-state index in [1.54, 1.807) is 7.11 Å². The van der Waals surface area contributed by atoms with E-state index in [2.05, 4.69) is 60.4 Å². The van der Waals surface area contributed by atoms with Crippen LogP contribution in [0.15, 0.2) is 48.5 Å². The van der Waals surface area contributed by atoms with Crippen molar-refractivity contribution in [1.82, 2.24) is 4.90 Å². The molecule has 2 heteroatoms. The van der Waals surface area contributed by atoms with Gasteiger partial charge < -0.3 is 4.74 Å². The molecule has 2 aromatic rings. The number of nitrogens with zero attached hydrogens (tertiary/aromatic N) is 1. The zero-order chi connectivity index (χ0) is 15.4. The van der Waals surface area contributed by atoms with Gasteiger partial charge in [0.1, 0.15) is 5.75 Å². The van der Waals surface area contributed by atoms with Gasteiger partial charge in [-0.1, -0.05) is 43.3 Å². The highest BCUT2D eigenvalue weighted by Gasteiger charge is 2.25. The maximum atomic E-state index is 5.26. The second-order valence-corrected chi connectivity index (χ2v) is 6.07. The van der Waals surface area contributed by atoms with Crippen LogP contribution in [0.2, 0.25) is 0 Å². The lowest BCUT2D eigenvalue weighted by atomic mass is 10.0. The summed E-state index contributed by atoms with van der Waals surface area (Å²) in [5.41, 5.74) is 4.23. The first-order valence-electron chi connectivity index (χ1n) is 8.26. The van der Waals surface area contributed by atoms with Crippen LogP contribution in [0.5, 0.6) is 5.75 Å². The van der Waals surface area contributed by atoms with Crippen LogP contribution in [-0.2, 0) is 13.0 Å². The Balaban J connectivity index is 1.71. The molecule has 1 atom stereocenters. The van der Waals surface area contributed by atoms with E-state index in [0.29, 0.717) is 6.04 Å². The number of likely N-dealkylation sites (tertiary alicyclic amines) is 1. The number of benzene rings is 2. The van der Waals surface area contributed by atoms with E-state index in [-0.39, 0.29) is 0 Å². The Morgan fingerprint density at radius 2 is 1.68 bits per heavy atom. The molecule has 0 aromatic heterocycles. The van der Waals surface area contributed by atoms with E-state index < -0.39 is 0 Å². The first-order valence-corrected chi connectivity index (χ1v) is 8.26. The Morgan fingerprint density at radius 3 is 2.32 bits per heavy atom. The largest absolute Gasteiger partial charge is 0.497 e. The molecule has 0 N–H and O–H groups in total. The number of hydrogen-bond donors (Lipinski definition) is 0. The Labute approximate surface area is 133 Å². The van der Waals surface area contributed by atoms with Crippen molar-refractivity contribution >= 4 is 0 Å². The Morgan fingerprint density at radius 1 is 1.00 bits per heavy atom. The minimum Gasteiger partial charge on any atom is -0.497 e. The predicted molar refractivity (Wildman–Crippen MR) is 91.2 cm³/mol. The minimum absolute atomic E-state index is 0.539. The molecule has 1 fully saturated rings. The summed E-state index contributed by atoms with van der Waals surface area (Å²) in [6.45, 7) is 4.43. The Bertz CT molecular complexity index is 588. The normalized spacial score (nSPS) is 18.5. The van der Waals surface area contributed by atoms with Crippen LogP contribution in [-0.4, -0.2) is 18.6 Å². The van der Waals surface area contributed by atoms with Crippen LogP contribution < -0.4 is 4.74 Å². The van der Waals surface area contributed by atoms with Crippen LogP contribution in [0, 0.1) is 0 Å². The van der Waals surface area contributed by atoms with E-state index in [9.17, 15) is 0 Å². The highest BCUT2D eigenvalue weighted by Crippen LogP contribution is 2.33. The van der Waals surface area contributed by atoms with Crippen molar-refractivity contribution in [2.75, 3.05) is 13.7 Å². The van der Waals surface area contributed by atoms with Gasteiger partial charge in [-0.25, -0.2) is 0 Å². The van der Waals surface area contributed by atoms with E-state index in [1.807, 2.05) is 0 Å². The first kappa shape index (κ1) is 15.1. The summed E-state index contributed by atoms with van der Waals surface area (Å²) in [5, 5.41) is 0. The molecule has 0 unspecified atom stereocenters. The molecular formula is C20H25NO. The van der Waals surface area contributed by atoms with Gasteiger partial charge >= 0.3 is 0 Å². The van der Waals surface area contributed by atoms with Crippen molar-refractivity contribution in [2.24, 2.45) is 0 Å². The highest BCUT2D eigenvalue weighted by atomic mass is 16.5. The molecule has 0 aliphatic carbocycles. The third-order valence-electron chi connectivity index (χ3n) is 4.68. The zero-order valence-corrected chi connectivity index (χ0v) is 13.6. The van der Waals surface area contributed by atoms with Gasteiger partial charge in [-0.05, 0) is 54.6 Å². The molecule has 0 bridgehead atoms. The molecule has 3 rings (SSSR count). The molecule has 1 aliphatic rings. The number of ether oxygens (including phenoxy) is 1. The van der Waals surface area contributed by atoms with Crippen molar-refractivity contribution in [3.05, 3.63) is 65.2 Å². The zero-order valence-electron chi connectivity index (χ0n) is 13.6. The number of hydrogen-bond acceptors (Lipinski definition) is 2. The lowest BCUT2D eigenvalue weighted by Gasteiger charge is -2.25. The highest BCUT2D eigenvalue weighted by molar-refractivity contribution is 5.30. The monoisotopic (exact) mass is 295 g/mol. The van der Waals surface area contributed by atoms with Crippen LogP contribution in [0.4, 0.5) is 0 Å². The molecule has 2 aromatic carbocycles. The fraction of sp³-hybridized carbons (Fsp3) is 0.400. The van der Waals surface area contributed by atoms with Gasteiger partial charge in [0.15, 0.2) is 0 Å². The topological polar surface area (TPSA) is 12.5 Å². The van der Waals surface area contributed by atoms with Crippen LogP contribution in [0.1, 0.15) is 42.5 Å². The van der Waals surface area contributed by atoms with Crippen molar-refractivity contribution < 1.29 is 4.74 Å². The van der Waals surface area contributed by atoms with Crippen molar-refractivity contribution in [2.45, 2.75) is 38.8 Å². The fourth-order valence-electron chi connectivity index (χ4n) is 3.33. The maximum Gasteiger partial charge on any atom is 0.118 e. The molecule has 2 nitrogen and oxygen atoms in total. The van der Waals surface area contributed by atoms with E-state index in [1.165, 1.54) is 36.1 Å². The maximum absolute atomic E-state index is 5.26. The third-order valence-corrected chi connectivity index (χ3v) is 4.68. The van der Waals surface area contributed by atoms with Crippen LogP contribution in [0.25, 0.3) is 0 Å². The second-order valence-electron chi connectivity index (χ2n) is 6.07. The summed E-state index contributed by atoms with van der Waals surface area (Å²) >= 11 is 0. The van der Waals surface area contributed by atoms with E-state index in [4.69, 9.17) is 4.74 Å². The lowest BCUT2D eigenvalue weighted by molar-refractivity contribution is 0.248. The quantitative estimate of drug-likeness (QED) is 0.799. The Kier molecular flexibility index (Phi) is 4.79. The van der Waals surface area contributed by atoms with Crippen LogP contribution >= 0.6 is 0 Å². The standard InChI is InChI=1S/C20H25NO/c1-3-16-6-8-17(9-7-16)15-21-14-4-5-20(21)18-10-12-19(22-2)13-11-18/h6-13,20H,3-5,14-15H2,1-2H3/t20-/m1/s1. The Hall–Kier alpha value is -1.80. The lowest BCUT2D eigenvalue weighted by Crippen LogP contribution is -2.22.